The molecule has 0 aliphatic carbocycles. The first kappa shape index (κ1) is 14.2. The van der Waals surface area contributed by atoms with Crippen molar-refractivity contribution in [2.45, 2.75) is 38.5 Å². The van der Waals surface area contributed by atoms with Gasteiger partial charge in [0.15, 0.2) is 0 Å². The van der Waals surface area contributed by atoms with E-state index in [2.05, 4.69) is 54.0 Å². The Morgan fingerprint density at radius 3 is 3.05 bits per heavy atom. The minimum Gasteiger partial charge on any atom is -0.326 e. The van der Waals surface area contributed by atoms with Crippen molar-refractivity contribution in [1.29, 1.82) is 0 Å². The van der Waals surface area contributed by atoms with Gasteiger partial charge in [-0.1, -0.05) is 6.92 Å². The number of thiophene rings is 1. The number of hydrogen-bond acceptors (Lipinski definition) is 5. The molecule has 1 aliphatic heterocycles. The Kier molecular flexibility index (Phi) is 4.21. The minimum absolute atomic E-state index is 0.134. The molecule has 5 nitrogen and oxygen atoms in total. The maximum absolute atomic E-state index is 6.39. The van der Waals surface area contributed by atoms with Crippen LogP contribution in [0.1, 0.15) is 30.1 Å². The molecule has 0 saturated heterocycles. The number of fused-ring (bicyclic) bond motifs is 1. The maximum Gasteiger partial charge on any atom is 0.147 e. The lowest BCUT2D eigenvalue weighted by atomic mass is 10.0. The molecule has 0 bridgehead atoms. The van der Waals surface area contributed by atoms with Crippen molar-refractivity contribution >= 4 is 27.3 Å². The normalized spacial score (nSPS) is 18.8. The van der Waals surface area contributed by atoms with Crippen LogP contribution in [0.5, 0.6) is 0 Å². The van der Waals surface area contributed by atoms with E-state index in [0.717, 1.165) is 36.4 Å². The average molecular weight is 356 g/mol. The van der Waals surface area contributed by atoms with E-state index in [4.69, 9.17) is 5.73 Å². The van der Waals surface area contributed by atoms with Crippen molar-refractivity contribution in [3.63, 3.8) is 0 Å². The lowest BCUT2D eigenvalue weighted by Crippen LogP contribution is -2.44. The molecule has 3 heterocycles. The van der Waals surface area contributed by atoms with E-state index in [1.165, 1.54) is 4.88 Å². The zero-order valence-electron chi connectivity index (χ0n) is 11.4. The average Bonchev–Trinajstić information content (AvgIpc) is 3.07. The standard InChI is InChI=1S/C13H18BrN5S/c1-2-10(15)13(11-5-9(14)7-20-11)18-3-4-19-8-16-17-12(19)6-18/h5,7-8,10,13H,2-4,6,15H2,1H3. The number of rotatable bonds is 4. The largest absolute Gasteiger partial charge is 0.326 e. The van der Waals surface area contributed by atoms with Crippen LogP contribution in [0.25, 0.3) is 0 Å². The van der Waals surface area contributed by atoms with E-state index in [0.29, 0.717) is 0 Å². The highest BCUT2D eigenvalue weighted by Gasteiger charge is 2.30. The summed E-state index contributed by atoms with van der Waals surface area (Å²) in [5.41, 5.74) is 6.39. The highest BCUT2D eigenvalue weighted by molar-refractivity contribution is 9.10. The quantitative estimate of drug-likeness (QED) is 0.914. The van der Waals surface area contributed by atoms with Gasteiger partial charge in [-0.3, -0.25) is 4.90 Å². The zero-order chi connectivity index (χ0) is 14.1. The molecule has 0 fully saturated rings. The molecular weight excluding hydrogens is 338 g/mol. The Hall–Kier alpha value is -0.760. The van der Waals surface area contributed by atoms with Crippen LogP contribution in [0.2, 0.25) is 0 Å². The first-order valence-corrected chi connectivity index (χ1v) is 8.46. The van der Waals surface area contributed by atoms with Crippen LogP contribution in [0.15, 0.2) is 22.2 Å². The maximum atomic E-state index is 6.39. The summed E-state index contributed by atoms with van der Waals surface area (Å²) in [7, 11) is 0. The Morgan fingerprint density at radius 2 is 2.35 bits per heavy atom. The minimum atomic E-state index is 0.134. The summed E-state index contributed by atoms with van der Waals surface area (Å²) in [5, 5.41) is 10.3. The van der Waals surface area contributed by atoms with E-state index >= 15 is 0 Å². The third-order valence-electron chi connectivity index (χ3n) is 3.82. The summed E-state index contributed by atoms with van der Waals surface area (Å²) in [6.45, 7) is 4.88. The number of nitrogens with zero attached hydrogens (tertiary/aromatic N) is 4. The molecule has 0 saturated carbocycles. The van der Waals surface area contributed by atoms with Gasteiger partial charge in [0.25, 0.3) is 0 Å². The SMILES string of the molecule is CCC(N)C(c1cc(Br)cs1)N1CCn2cnnc2C1. The highest BCUT2D eigenvalue weighted by Crippen LogP contribution is 2.33. The summed E-state index contributed by atoms with van der Waals surface area (Å²) in [6, 6.07) is 2.57. The van der Waals surface area contributed by atoms with Gasteiger partial charge in [-0.05, 0) is 28.4 Å². The fraction of sp³-hybridized carbons (Fsp3) is 0.538. The van der Waals surface area contributed by atoms with Gasteiger partial charge in [0.2, 0.25) is 0 Å². The summed E-state index contributed by atoms with van der Waals surface area (Å²) in [5.74, 6) is 1.03. The van der Waals surface area contributed by atoms with Gasteiger partial charge in [-0.15, -0.1) is 21.5 Å². The summed E-state index contributed by atoms with van der Waals surface area (Å²) >= 11 is 5.31. The monoisotopic (exact) mass is 355 g/mol. The van der Waals surface area contributed by atoms with Gasteiger partial charge in [-0.25, -0.2) is 0 Å². The molecular formula is C13H18BrN5S. The second-order valence-corrected chi connectivity index (χ2v) is 6.95. The van der Waals surface area contributed by atoms with Crippen LogP contribution < -0.4 is 5.73 Å². The molecule has 2 atom stereocenters. The molecule has 0 radical (unpaired) electrons. The summed E-state index contributed by atoms with van der Waals surface area (Å²) in [4.78, 5) is 3.75. The van der Waals surface area contributed by atoms with Crippen LogP contribution in [-0.4, -0.2) is 32.3 Å². The molecule has 2 unspecified atom stereocenters. The molecule has 0 amide bonds. The second kappa shape index (κ2) is 5.93. The van der Waals surface area contributed by atoms with Crippen molar-refractivity contribution in [3.05, 3.63) is 32.9 Å². The van der Waals surface area contributed by atoms with E-state index in [9.17, 15) is 0 Å². The van der Waals surface area contributed by atoms with E-state index in [1.807, 2.05) is 6.33 Å². The summed E-state index contributed by atoms with van der Waals surface area (Å²) < 4.78 is 3.25. The molecule has 0 spiro atoms. The number of nitrogens with two attached hydrogens (primary N) is 1. The fourth-order valence-corrected chi connectivity index (χ4v) is 4.34. The van der Waals surface area contributed by atoms with Gasteiger partial charge >= 0.3 is 0 Å². The van der Waals surface area contributed by atoms with Crippen molar-refractivity contribution in [2.75, 3.05) is 6.54 Å². The Bertz CT molecular complexity index is 581. The van der Waals surface area contributed by atoms with Crippen LogP contribution in [-0.2, 0) is 13.1 Å². The van der Waals surface area contributed by atoms with Crippen molar-refractivity contribution in [3.8, 4) is 0 Å². The molecule has 20 heavy (non-hydrogen) atoms. The van der Waals surface area contributed by atoms with Gasteiger partial charge in [-0.2, -0.15) is 0 Å². The molecule has 7 heteroatoms. The molecule has 2 aromatic heterocycles. The molecule has 108 valence electrons. The number of hydrogen-bond donors (Lipinski definition) is 1. The molecule has 1 aliphatic rings. The number of halogens is 1. The van der Waals surface area contributed by atoms with Crippen LogP contribution in [0, 0.1) is 0 Å². The first-order valence-electron chi connectivity index (χ1n) is 6.79. The van der Waals surface area contributed by atoms with E-state index in [1.54, 1.807) is 11.3 Å². The molecule has 0 aromatic carbocycles. The fourth-order valence-electron chi connectivity index (χ4n) is 2.69. The lowest BCUT2D eigenvalue weighted by Gasteiger charge is -2.36. The zero-order valence-corrected chi connectivity index (χ0v) is 13.8. The van der Waals surface area contributed by atoms with Crippen LogP contribution in [0.4, 0.5) is 0 Å². The Balaban J connectivity index is 1.87. The second-order valence-electron chi connectivity index (χ2n) is 5.10. The van der Waals surface area contributed by atoms with Crippen molar-refractivity contribution in [2.24, 2.45) is 5.73 Å². The Morgan fingerprint density at radius 1 is 1.50 bits per heavy atom. The molecule has 2 aromatic rings. The van der Waals surface area contributed by atoms with Crippen LogP contribution in [0.3, 0.4) is 0 Å². The third kappa shape index (κ3) is 2.67. The van der Waals surface area contributed by atoms with Gasteiger partial charge in [0.1, 0.15) is 12.2 Å². The van der Waals surface area contributed by atoms with Crippen LogP contribution >= 0.6 is 27.3 Å². The topological polar surface area (TPSA) is 60.0 Å². The number of aromatic nitrogens is 3. The predicted molar refractivity (Wildman–Crippen MR) is 83.5 cm³/mol. The third-order valence-corrected chi connectivity index (χ3v) is 5.58. The van der Waals surface area contributed by atoms with Crippen molar-refractivity contribution in [1.82, 2.24) is 19.7 Å². The lowest BCUT2D eigenvalue weighted by molar-refractivity contribution is 0.132. The first-order chi connectivity index (χ1) is 9.69. The van der Waals surface area contributed by atoms with Crippen molar-refractivity contribution < 1.29 is 0 Å². The van der Waals surface area contributed by atoms with E-state index < -0.39 is 0 Å². The molecule has 2 N–H and O–H groups in total. The van der Waals surface area contributed by atoms with Gasteiger partial charge < -0.3 is 10.3 Å². The molecule has 3 rings (SSSR count). The predicted octanol–water partition coefficient (Wildman–Crippen LogP) is 2.40. The van der Waals surface area contributed by atoms with E-state index in [-0.39, 0.29) is 12.1 Å². The van der Waals surface area contributed by atoms with Gasteiger partial charge in [0, 0.05) is 33.9 Å². The Labute approximate surface area is 130 Å². The van der Waals surface area contributed by atoms with Gasteiger partial charge in [0.05, 0.1) is 12.6 Å². The highest BCUT2D eigenvalue weighted by atomic mass is 79.9. The smallest absolute Gasteiger partial charge is 0.147 e. The summed E-state index contributed by atoms with van der Waals surface area (Å²) in [6.07, 6.45) is 2.77.